The van der Waals surface area contributed by atoms with Gasteiger partial charge in [-0.15, -0.1) is 0 Å². The molecular weight excluding hydrogens is 264 g/mol. The van der Waals surface area contributed by atoms with Gasteiger partial charge < -0.3 is 5.32 Å². The van der Waals surface area contributed by atoms with E-state index in [1.165, 1.54) is 19.1 Å². The van der Waals surface area contributed by atoms with Crippen LogP contribution in [0, 0.1) is 17.6 Å². The standard InChI is InChI=1S/C14H17F2N3O/c1-8(2)7-17-13-18-12(20)14(3,19-13)9-5-4-6-10(15)11(9)16/h4-6,8H,7H2,1-3H3,(H2,17,18,19,20). The first kappa shape index (κ1) is 14.4. The Kier molecular flexibility index (Phi) is 3.74. The zero-order valence-corrected chi connectivity index (χ0v) is 11.6. The second kappa shape index (κ2) is 5.19. The number of carbonyl (C=O) groups is 1. The van der Waals surface area contributed by atoms with Crippen LogP contribution < -0.4 is 10.6 Å². The lowest BCUT2D eigenvalue weighted by Crippen LogP contribution is -2.41. The summed E-state index contributed by atoms with van der Waals surface area (Å²) >= 11 is 0. The molecule has 1 aromatic carbocycles. The van der Waals surface area contributed by atoms with E-state index in [1.807, 2.05) is 13.8 Å². The van der Waals surface area contributed by atoms with Crippen LogP contribution in [0.1, 0.15) is 26.3 Å². The lowest BCUT2D eigenvalue weighted by molar-refractivity contribution is -0.123. The largest absolute Gasteiger partial charge is 0.338 e. The molecule has 4 nitrogen and oxygen atoms in total. The van der Waals surface area contributed by atoms with E-state index in [4.69, 9.17) is 0 Å². The van der Waals surface area contributed by atoms with Crippen molar-refractivity contribution in [2.75, 3.05) is 6.54 Å². The zero-order chi connectivity index (χ0) is 14.9. The molecule has 20 heavy (non-hydrogen) atoms. The van der Waals surface area contributed by atoms with Crippen molar-refractivity contribution in [3.8, 4) is 0 Å². The predicted octanol–water partition coefficient (Wildman–Crippen LogP) is 1.91. The Hall–Kier alpha value is -1.98. The molecule has 108 valence electrons. The van der Waals surface area contributed by atoms with Crippen molar-refractivity contribution in [3.05, 3.63) is 35.4 Å². The molecular formula is C14H17F2N3O. The van der Waals surface area contributed by atoms with E-state index in [-0.39, 0.29) is 11.5 Å². The number of hydrogen-bond acceptors (Lipinski definition) is 2. The van der Waals surface area contributed by atoms with Crippen LogP contribution in [0.15, 0.2) is 23.2 Å². The van der Waals surface area contributed by atoms with Gasteiger partial charge in [-0.1, -0.05) is 26.0 Å². The van der Waals surface area contributed by atoms with Gasteiger partial charge in [0.15, 0.2) is 17.6 Å². The van der Waals surface area contributed by atoms with Crippen LogP contribution in [0.3, 0.4) is 0 Å². The quantitative estimate of drug-likeness (QED) is 0.889. The number of nitrogens with zero attached hydrogens (tertiary/aromatic N) is 1. The van der Waals surface area contributed by atoms with Gasteiger partial charge in [0.05, 0.1) is 0 Å². The maximum absolute atomic E-state index is 13.9. The Morgan fingerprint density at radius 2 is 2.05 bits per heavy atom. The summed E-state index contributed by atoms with van der Waals surface area (Å²) in [6.45, 7) is 6.01. The minimum Gasteiger partial charge on any atom is -0.338 e. The number of carbonyl (C=O) groups excluding carboxylic acids is 1. The summed E-state index contributed by atoms with van der Waals surface area (Å²) in [5.41, 5.74) is -1.40. The van der Waals surface area contributed by atoms with E-state index in [0.29, 0.717) is 12.5 Å². The average molecular weight is 281 g/mol. The molecule has 0 aromatic heterocycles. The molecule has 0 aliphatic carbocycles. The molecule has 0 bridgehead atoms. The topological polar surface area (TPSA) is 53.5 Å². The first-order chi connectivity index (χ1) is 9.34. The van der Waals surface area contributed by atoms with Crippen molar-refractivity contribution >= 4 is 11.9 Å². The van der Waals surface area contributed by atoms with Gasteiger partial charge in [-0.2, -0.15) is 0 Å². The number of amides is 1. The number of rotatable bonds is 3. The number of nitrogens with one attached hydrogen (secondary N) is 2. The fraction of sp³-hybridized carbons (Fsp3) is 0.429. The van der Waals surface area contributed by atoms with Crippen LogP contribution in [-0.2, 0) is 10.3 Å². The van der Waals surface area contributed by atoms with Crippen molar-refractivity contribution in [2.24, 2.45) is 10.9 Å². The van der Waals surface area contributed by atoms with E-state index in [1.54, 1.807) is 0 Å². The van der Waals surface area contributed by atoms with E-state index >= 15 is 0 Å². The van der Waals surface area contributed by atoms with Gasteiger partial charge in [-0.3, -0.25) is 15.1 Å². The number of guanidine groups is 1. The molecule has 1 atom stereocenters. The summed E-state index contributed by atoms with van der Waals surface area (Å²) in [5.74, 6) is -1.84. The Morgan fingerprint density at radius 1 is 1.35 bits per heavy atom. The molecule has 1 aromatic rings. The molecule has 6 heteroatoms. The summed E-state index contributed by atoms with van der Waals surface area (Å²) in [7, 11) is 0. The third kappa shape index (κ3) is 2.50. The highest BCUT2D eigenvalue weighted by atomic mass is 19.2. The lowest BCUT2D eigenvalue weighted by atomic mass is 9.92. The summed E-state index contributed by atoms with van der Waals surface area (Å²) in [6.07, 6.45) is 0. The highest BCUT2D eigenvalue weighted by Crippen LogP contribution is 2.27. The highest BCUT2D eigenvalue weighted by molar-refractivity contribution is 6.09. The third-order valence-corrected chi connectivity index (χ3v) is 3.16. The van der Waals surface area contributed by atoms with E-state index in [9.17, 15) is 13.6 Å². The first-order valence-corrected chi connectivity index (χ1v) is 6.43. The number of benzene rings is 1. The average Bonchev–Trinajstić information content (AvgIpc) is 2.67. The molecule has 1 amide bonds. The highest BCUT2D eigenvalue weighted by Gasteiger charge is 2.44. The summed E-state index contributed by atoms with van der Waals surface area (Å²) in [4.78, 5) is 16.3. The maximum Gasteiger partial charge on any atom is 0.256 e. The smallest absolute Gasteiger partial charge is 0.256 e. The molecule has 2 rings (SSSR count). The molecule has 1 saturated heterocycles. The molecule has 1 heterocycles. The Balaban J connectivity index is 2.34. The van der Waals surface area contributed by atoms with Gasteiger partial charge >= 0.3 is 0 Å². The van der Waals surface area contributed by atoms with Crippen molar-refractivity contribution < 1.29 is 13.6 Å². The molecule has 1 aliphatic rings. The molecule has 1 fully saturated rings. The van der Waals surface area contributed by atoms with Crippen molar-refractivity contribution in [3.63, 3.8) is 0 Å². The van der Waals surface area contributed by atoms with Crippen LogP contribution in [0.25, 0.3) is 0 Å². The van der Waals surface area contributed by atoms with Crippen molar-refractivity contribution in [1.29, 1.82) is 0 Å². The maximum atomic E-state index is 13.9. The van der Waals surface area contributed by atoms with Gasteiger partial charge in [0, 0.05) is 12.1 Å². The van der Waals surface area contributed by atoms with Crippen LogP contribution in [-0.4, -0.2) is 18.4 Å². The molecule has 1 unspecified atom stereocenters. The Bertz CT molecular complexity index is 572. The molecule has 0 spiro atoms. The Labute approximate surface area is 116 Å². The Morgan fingerprint density at radius 3 is 2.70 bits per heavy atom. The summed E-state index contributed by atoms with van der Waals surface area (Å²) in [5, 5.41) is 5.40. The van der Waals surface area contributed by atoms with Crippen molar-refractivity contribution in [2.45, 2.75) is 26.3 Å². The van der Waals surface area contributed by atoms with E-state index in [2.05, 4.69) is 15.6 Å². The summed E-state index contributed by atoms with van der Waals surface area (Å²) < 4.78 is 27.2. The first-order valence-electron chi connectivity index (χ1n) is 6.43. The fourth-order valence-electron chi connectivity index (χ4n) is 1.99. The van der Waals surface area contributed by atoms with Crippen LogP contribution in [0.4, 0.5) is 8.78 Å². The monoisotopic (exact) mass is 281 g/mol. The predicted molar refractivity (Wildman–Crippen MR) is 72.1 cm³/mol. The minimum atomic E-state index is -1.36. The van der Waals surface area contributed by atoms with Crippen molar-refractivity contribution in [1.82, 2.24) is 10.6 Å². The van der Waals surface area contributed by atoms with Gasteiger partial charge in [-0.05, 0) is 18.9 Å². The second-order valence-electron chi connectivity index (χ2n) is 5.39. The lowest BCUT2D eigenvalue weighted by Gasteiger charge is -2.22. The van der Waals surface area contributed by atoms with Crippen LogP contribution in [0.5, 0.6) is 0 Å². The fourth-order valence-corrected chi connectivity index (χ4v) is 1.99. The summed E-state index contributed by atoms with van der Waals surface area (Å²) in [6, 6.07) is 3.77. The number of aliphatic imine (C=N–C) groups is 1. The van der Waals surface area contributed by atoms with Gasteiger partial charge in [-0.25, -0.2) is 8.78 Å². The van der Waals surface area contributed by atoms with Gasteiger partial charge in [0.2, 0.25) is 0 Å². The number of hydrogen-bond donors (Lipinski definition) is 2. The van der Waals surface area contributed by atoms with Gasteiger partial charge in [0.25, 0.3) is 5.91 Å². The molecule has 1 aliphatic heterocycles. The van der Waals surface area contributed by atoms with E-state index in [0.717, 1.165) is 6.07 Å². The number of halogens is 2. The third-order valence-electron chi connectivity index (χ3n) is 3.16. The second-order valence-corrected chi connectivity index (χ2v) is 5.39. The van der Waals surface area contributed by atoms with E-state index < -0.39 is 23.1 Å². The molecule has 0 radical (unpaired) electrons. The molecule has 0 saturated carbocycles. The van der Waals surface area contributed by atoms with Gasteiger partial charge in [0.1, 0.15) is 5.54 Å². The SMILES string of the molecule is CC(C)CN=C1NC(=O)C(C)(c2cccc(F)c2F)N1. The van der Waals surface area contributed by atoms with Crippen LogP contribution >= 0.6 is 0 Å². The minimum absolute atomic E-state index is 0.0373. The van der Waals surface area contributed by atoms with Crippen LogP contribution in [0.2, 0.25) is 0 Å². The molecule has 2 N–H and O–H groups in total. The zero-order valence-electron chi connectivity index (χ0n) is 11.6. The normalized spacial score (nSPS) is 24.1.